The van der Waals surface area contributed by atoms with Gasteiger partial charge in [-0.25, -0.2) is 4.98 Å². The molecule has 4 rings (SSSR count). The Labute approximate surface area is 228 Å². The van der Waals surface area contributed by atoms with Crippen LogP contribution in [0.2, 0.25) is 5.15 Å². The number of unbranched alkanes of at least 4 members (excludes halogenated alkanes) is 1. The van der Waals surface area contributed by atoms with Gasteiger partial charge in [0.25, 0.3) is 0 Å². The molecule has 0 aliphatic carbocycles. The molecule has 1 radical (unpaired) electrons. The molecule has 31 heavy (non-hydrogen) atoms. The summed E-state index contributed by atoms with van der Waals surface area (Å²) >= 11 is 6.48. The Bertz CT molecular complexity index is 1110. The quantitative estimate of drug-likeness (QED) is 0.388. The van der Waals surface area contributed by atoms with E-state index in [1.807, 2.05) is 28.8 Å². The van der Waals surface area contributed by atoms with E-state index >= 15 is 0 Å². The third kappa shape index (κ3) is 5.51. The third-order valence-electron chi connectivity index (χ3n) is 5.07. The maximum atomic E-state index is 9.54. The molecule has 7 nitrogen and oxygen atoms in total. The number of tetrazole rings is 1. The molecule has 0 amide bonds. The molecule has 155 valence electrons. The average Bonchev–Trinajstić information content (AvgIpc) is 3.42. The molecular weight excluding hydrogens is 439 g/mol. The molecule has 2 aromatic carbocycles. The molecule has 0 bridgehead atoms. The van der Waals surface area contributed by atoms with Crippen molar-refractivity contribution in [2.45, 2.75) is 39.3 Å². The number of H-pyrrole nitrogens is 1. The molecule has 0 spiro atoms. The second-order valence-corrected chi connectivity index (χ2v) is 7.45. The van der Waals surface area contributed by atoms with Crippen LogP contribution >= 0.6 is 11.6 Å². The van der Waals surface area contributed by atoms with Gasteiger partial charge in [-0.2, -0.15) is 5.21 Å². The molecule has 2 heterocycles. The second kappa shape index (κ2) is 11.5. The number of aromatic amines is 1. The van der Waals surface area contributed by atoms with Crippen LogP contribution in [0, 0.1) is 0 Å². The summed E-state index contributed by atoms with van der Waals surface area (Å²) in [5.74, 6) is 1.48. The molecule has 0 atom stereocenters. The molecule has 0 unspecified atom stereocenters. The first-order valence-corrected chi connectivity index (χ1v) is 10.4. The summed E-state index contributed by atoms with van der Waals surface area (Å²) in [6, 6.07) is 16.3. The van der Waals surface area contributed by atoms with Crippen molar-refractivity contribution < 1.29 is 5.11 Å². The Hall–Kier alpha value is -1.39. The van der Waals surface area contributed by atoms with Gasteiger partial charge in [0.1, 0.15) is 16.7 Å². The molecule has 0 aliphatic rings. The summed E-state index contributed by atoms with van der Waals surface area (Å²) in [6.45, 7) is 2.60. The van der Waals surface area contributed by atoms with Gasteiger partial charge in [0.05, 0.1) is 13.2 Å². The third-order valence-corrected chi connectivity index (χ3v) is 5.50. The molecule has 9 heteroatoms. The summed E-state index contributed by atoms with van der Waals surface area (Å²) in [7, 11) is 0. The molecule has 0 saturated heterocycles. The monoisotopic (exact) mass is 461 g/mol. The fourth-order valence-corrected chi connectivity index (χ4v) is 3.76. The van der Waals surface area contributed by atoms with E-state index in [2.05, 4.69) is 56.8 Å². The van der Waals surface area contributed by atoms with E-state index in [0.717, 1.165) is 47.3 Å². The number of aliphatic hydroxyl groups is 1. The molecule has 4 aromatic rings. The van der Waals surface area contributed by atoms with Crippen LogP contribution in [-0.4, -0.2) is 86.7 Å². The zero-order valence-electron chi connectivity index (χ0n) is 17.7. The Morgan fingerprint density at radius 3 is 2.45 bits per heavy atom. The topological polar surface area (TPSA) is 92.5 Å². The number of imidazole rings is 1. The van der Waals surface area contributed by atoms with Crippen LogP contribution in [0.1, 0.15) is 36.8 Å². The van der Waals surface area contributed by atoms with Crippen molar-refractivity contribution in [3.63, 3.8) is 0 Å². The van der Waals surface area contributed by atoms with Crippen molar-refractivity contribution >= 4 is 63.0 Å². The molecule has 0 saturated carbocycles. The number of aromatic nitrogens is 6. The number of rotatable bonds is 8. The molecular formula is C22H23ClKN6O. The van der Waals surface area contributed by atoms with E-state index in [1.165, 1.54) is 0 Å². The van der Waals surface area contributed by atoms with Gasteiger partial charge >= 0.3 is 0 Å². The van der Waals surface area contributed by atoms with Gasteiger partial charge in [-0.1, -0.05) is 73.5 Å². The fourth-order valence-electron chi connectivity index (χ4n) is 3.50. The van der Waals surface area contributed by atoms with Crippen LogP contribution in [0.5, 0.6) is 0 Å². The van der Waals surface area contributed by atoms with Crippen molar-refractivity contribution in [3.05, 3.63) is 70.8 Å². The maximum Gasteiger partial charge on any atom is 0.205 e. The number of nitrogens with one attached hydrogen (secondary N) is 1. The second-order valence-electron chi connectivity index (χ2n) is 7.09. The predicted molar refractivity (Wildman–Crippen MR) is 122 cm³/mol. The van der Waals surface area contributed by atoms with Gasteiger partial charge in [0.15, 0.2) is 0 Å². The number of hydrogen-bond donors (Lipinski definition) is 2. The van der Waals surface area contributed by atoms with E-state index in [9.17, 15) is 5.11 Å². The average molecular weight is 462 g/mol. The van der Waals surface area contributed by atoms with E-state index in [-0.39, 0.29) is 58.0 Å². The summed E-state index contributed by atoms with van der Waals surface area (Å²) in [6.07, 6.45) is 2.95. The van der Waals surface area contributed by atoms with Crippen LogP contribution in [0.25, 0.3) is 22.5 Å². The summed E-state index contributed by atoms with van der Waals surface area (Å²) in [4.78, 5) is 4.53. The van der Waals surface area contributed by atoms with Crippen molar-refractivity contribution in [2.75, 3.05) is 0 Å². The van der Waals surface area contributed by atoms with Crippen molar-refractivity contribution in [2.24, 2.45) is 0 Å². The van der Waals surface area contributed by atoms with Crippen molar-refractivity contribution in [3.8, 4) is 22.5 Å². The van der Waals surface area contributed by atoms with Crippen LogP contribution in [0.4, 0.5) is 0 Å². The predicted octanol–water partition coefficient (Wildman–Crippen LogP) is 3.89. The molecule has 2 aromatic heterocycles. The van der Waals surface area contributed by atoms with E-state index in [4.69, 9.17) is 11.6 Å². The number of nitrogens with zero attached hydrogens (tertiary/aromatic N) is 5. The van der Waals surface area contributed by atoms with Gasteiger partial charge in [-0.3, -0.25) is 0 Å². The number of aryl methyl sites for hydroxylation is 1. The minimum Gasteiger partial charge on any atom is -0.390 e. The first-order chi connectivity index (χ1) is 14.7. The standard InChI is InChI=1S/C22H23ClN6O.K/c1-2-3-8-20-24-19(14-30)21(23)29(20)13-15-9-11-16(12-10-15)17-6-4-5-7-18(17)22-25-27-28-26-22;/h4-7,9-12,30H,2-3,8,13-14H2,1H3,(H,25,26,27,28);. The molecule has 0 aliphatic heterocycles. The van der Waals surface area contributed by atoms with Crippen LogP contribution in [0.15, 0.2) is 48.5 Å². The van der Waals surface area contributed by atoms with Crippen molar-refractivity contribution in [1.82, 2.24) is 30.2 Å². The van der Waals surface area contributed by atoms with Gasteiger partial charge in [0, 0.05) is 63.4 Å². The normalized spacial score (nSPS) is 10.8. The fraction of sp³-hybridized carbons (Fsp3) is 0.273. The summed E-state index contributed by atoms with van der Waals surface area (Å²) in [5.41, 5.74) is 4.67. The molecule has 2 N–H and O–H groups in total. The first kappa shape index (κ1) is 24.3. The Balaban J connectivity index is 0.00000272. The van der Waals surface area contributed by atoms with Crippen LogP contribution in [-0.2, 0) is 19.6 Å². The smallest absolute Gasteiger partial charge is 0.205 e. The summed E-state index contributed by atoms with van der Waals surface area (Å²) in [5, 5.41) is 24.4. The number of aliphatic hydroxyl groups excluding tert-OH is 1. The van der Waals surface area contributed by atoms with Crippen LogP contribution < -0.4 is 0 Å². The SMILES string of the molecule is CCCCc1nc(CO)c(Cl)n1Cc1ccc(-c2ccccc2-c2nn[nH]n2)cc1.[K]. The Morgan fingerprint density at radius 1 is 1.06 bits per heavy atom. The van der Waals surface area contributed by atoms with E-state index in [1.54, 1.807) is 0 Å². The van der Waals surface area contributed by atoms with E-state index in [0.29, 0.717) is 23.2 Å². The minimum atomic E-state index is -0.156. The Kier molecular flexibility index (Phi) is 8.97. The van der Waals surface area contributed by atoms with Gasteiger partial charge in [-0.05, 0) is 28.3 Å². The van der Waals surface area contributed by atoms with Gasteiger partial charge in [0.2, 0.25) is 5.82 Å². The number of halogens is 1. The van der Waals surface area contributed by atoms with Crippen molar-refractivity contribution in [1.29, 1.82) is 0 Å². The number of benzene rings is 2. The molecule has 0 fully saturated rings. The van der Waals surface area contributed by atoms with Gasteiger partial charge < -0.3 is 9.67 Å². The van der Waals surface area contributed by atoms with Gasteiger partial charge in [-0.15, -0.1) is 10.2 Å². The largest absolute Gasteiger partial charge is 0.390 e. The zero-order valence-corrected chi connectivity index (χ0v) is 21.6. The first-order valence-electron chi connectivity index (χ1n) is 9.98. The Morgan fingerprint density at radius 2 is 1.81 bits per heavy atom. The zero-order chi connectivity index (χ0) is 20.9. The summed E-state index contributed by atoms with van der Waals surface area (Å²) < 4.78 is 1.99. The maximum absolute atomic E-state index is 9.54. The van der Waals surface area contributed by atoms with Crippen LogP contribution in [0.3, 0.4) is 0 Å². The minimum absolute atomic E-state index is 0. The van der Waals surface area contributed by atoms with E-state index < -0.39 is 0 Å². The number of hydrogen-bond acceptors (Lipinski definition) is 5.